The van der Waals surface area contributed by atoms with E-state index < -0.39 is 18.0 Å². The van der Waals surface area contributed by atoms with Crippen LogP contribution in [-0.2, 0) is 13.1 Å². The van der Waals surface area contributed by atoms with Crippen LogP contribution >= 0.6 is 0 Å². The van der Waals surface area contributed by atoms with Crippen LogP contribution in [0.5, 0.6) is 5.75 Å². The maximum atomic E-state index is 13.5. The van der Waals surface area contributed by atoms with Crippen molar-refractivity contribution in [3.8, 4) is 5.75 Å². The maximum absolute atomic E-state index is 13.5. The predicted molar refractivity (Wildman–Crippen MR) is 99.7 cm³/mol. The normalized spacial score (nSPS) is 19.8. The third-order valence-corrected chi connectivity index (χ3v) is 5.00. The summed E-state index contributed by atoms with van der Waals surface area (Å²) in [6, 6.07) is 9.20. The standard InChI is InChI=1S/C20H19F3N4O2/c1-12(13-5-7-24-8-6-13)29-17-4-2-3-14-10-27(11-15(14)17)16-9-25-26-19(28)18(16)20(21,22)23/h2-9,12,19,26,28H,10-11H2,1H3. The van der Waals surface area contributed by atoms with Gasteiger partial charge >= 0.3 is 6.18 Å². The molecule has 4 rings (SSSR count). The Balaban J connectivity index is 1.62. The highest BCUT2D eigenvalue weighted by molar-refractivity contribution is 5.80. The Bertz CT molecular complexity index is 960. The van der Waals surface area contributed by atoms with E-state index >= 15 is 0 Å². The van der Waals surface area contributed by atoms with Crippen molar-refractivity contribution in [2.45, 2.75) is 38.5 Å². The quantitative estimate of drug-likeness (QED) is 0.819. The topological polar surface area (TPSA) is 70.0 Å². The number of hydrogen-bond donors (Lipinski definition) is 2. The number of alkyl halides is 3. The molecule has 6 nitrogen and oxygen atoms in total. The molecule has 0 bridgehead atoms. The summed E-state index contributed by atoms with van der Waals surface area (Å²) in [4.78, 5) is 5.54. The molecule has 0 saturated heterocycles. The monoisotopic (exact) mass is 404 g/mol. The number of hydrogen-bond acceptors (Lipinski definition) is 6. The van der Waals surface area contributed by atoms with Crippen molar-refractivity contribution >= 4 is 6.21 Å². The highest BCUT2D eigenvalue weighted by atomic mass is 19.4. The van der Waals surface area contributed by atoms with Gasteiger partial charge in [-0.3, -0.25) is 10.4 Å². The van der Waals surface area contributed by atoms with Gasteiger partial charge in [-0.05, 0) is 36.2 Å². The summed E-state index contributed by atoms with van der Waals surface area (Å²) in [5.41, 5.74) is 3.51. The molecule has 2 aliphatic rings. The average Bonchev–Trinajstić information content (AvgIpc) is 3.13. The molecular weight excluding hydrogens is 385 g/mol. The Morgan fingerprint density at radius 2 is 1.97 bits per heavy atom. The zero-order chi connectivity index (χ0) is 20.6. The number of aliphatic hydroxyl groups is 1. The van der Waals surface area contributed by atoms with Crippen LogP contribution in [0.15, 0.2) is 59.1 Å². The van der Waals surface area contributed by atoms with E-state index in [2.05, 4.69) is 15.5 Å². The lowest BCUT2D eigenvalue weighted by molar-refractivity contribution is -0.110. The van der Waals surface area contributed by atoms with Crippen LogP contribution in [0.1, 0.15) is 29.7 Å². The summed E-state index contributed by atoms with van der Waals surface area (Å²) < 4.78 is 46.6. The fourth-order valence-corrected chi connectivity index (χ4v) is 3.56. The lowest BCUT2D eigenvalue weighted by Crippen LogP contribution is -2.40. The number of ether oxygens (including phenoxy) is 1. The number of aromatic nitrogens is 1. The van der Waals surface area contributed by atoms with Gasteiger partial charge in [0.2, 0.25) is 0 Å². The minimum Gasteiger partial charge on any atom is -0.486 e. The zero-order valence-electron chi connectivity index (χ0n) is 15.5. The van der Waals surface area contributed by atoms with E-state index in [9.17, 15) is 18.3 Å². The summed E-state index contributed by atoms with van der Waals surface area (Å²) in [7, 11) is 0. The highest BCUT2D eigenvalue weighted by Gasteiger charge is 2.44. The van der Waals surface area contributed by atoms with Gasteiger partial charge < -0.3 is 14.7 Å². The van der Waals surface area contributed by atoms with Crippen molar-refractivity contribution in [2.24, 2.45) is 5.10 Å². The largest absolute Gasteiger partial charge is 0.486 e. The zero-order valence-corrected chi connectivity index (χ0v) is 15.5. The Kier molecular flexibility index (Phi) is 4.91. The minimum atomic E-state index is -4.68. The third kappa shape index (κ3) is 3.77. The number of allylic oxidation sites excluding steroid dienone is 1. The van der Waals surface area contributed by atoms with Gasteiger partial charge in [-0.15, -0.1) is 0 Å². The van der Waals surface area contributed by atoms with Crippen LogP contribution in [0, 0.1) is 0 Å². The molecule has 0 spiro atoms. The molecule has 0 radical (unpaired) electrons. The number of fused-ring (bicyclic) bond motifs is 1. The molecule has 0 aliphatic carbocycles. The van der Waals surface area contributed by atoms with Crippen LogP contribution in [0.4, 0.5) is 13.2 Å². The van der Waals surface area contributed by atoms with E-state index in [0.29, 0.717) is 5.75 Å². The Hall–Kier alpha value is -3.07. The second-order valence-corrected chi connectivity index (χ2v) is 6.88. The van der Waals surface area contributed by atoms with E-state index in [0.717, 1.165) is 22.9 Å². The first kappa shape index (κ1) is 19.3. The van der Waals surface area contributed by atoms with Crippen LogP contribution in [0.2, 0.25) is 0 Å². The van der Waals surface area contributed by atoms with Crippen LogP contribution in [0.3, 0.4) is 0 Å². The summed E-state index contributed by atoms with van der Waals surface area (Å²) in [5, 5.41) is 13.5. The molecule has 2 aromatic rings. The van der Waals surface area contributed by atoms with Gasteiger partial charge in [0.25, 0.3) is 0 Å². The molecule has 1 aromatic carbocycles. The SMILES string of the molecule is CC(Oc1cccc2c1CN(C1=C(C(F)(F)F)C(O)NN=C1)C2)c1ccncc1. The fraction of sp³-hybridized carbons (Fsp3) is 0.300. The van der Waals surface area contributed by atoms with Gasteiger partial charge in [-0.25, -0.2) is 0 Å². The number of benzene rings is 1. The summed E-state index contributed by atoms with van der Waals surface area (Å²) >= 11 is 0. The van der Waals surface area contributed by atoms with Crippen molar-refractivity contribution in [1.29, 1.82) is 0 Å². The van der Waals surface area contributed by atoms with E-state index in [-0.39, 0.29) is 24.9 Å². The maximum Gasteiger partial charge on any atom is 0.419 e. The van der Waals surface area contributed by atoms with Crippen LogP contribution < -0.4 is 10.2 Å². The molecule has 2 atom stereocenters. The van der Waals surface area contributed by atoms with Crippen molar-refractivity contribution in [3.05, 3.63) is 70.7 Å². The molecule has 2 N–H and O–H groups in total. The van der Waals surface area contributed by atoms with Crippen LogP contribution in [-0.4, -0.2) is 33.6 Å². The average molecular weight is 404 g/mol. The lowest BCUT2D eigenvalue weighted by Gasteiger charge is -2.29. The van der Waals surface area contributed by atoms with Gasteiger partial charge in [0.15, 0.2) is 6.23 Å². The van der Waals surface area contributed by atoms with E-state index in [1.807, 2.05) is 37.3 Å². The van der Waals surface area contributed by atoms with Gasteiger partial charge in [-0.2, -0.15) is 18.3 Å². The number of rotatable bonds is 4. The first-order valence-corrected chi connectivity index (χ1v) is 9.05. The Labute approximate surface area is 165 Å². The minimum absolute atomic E-state index is 0.145. The van der Waals surface area contributed by atoms with Gasteiger partial charge in [0.1, 0.15) is 17.4 Å². The van der Waals surface area contributed by atoms with Crippen molar-refractivity contribution < 1.29 is 23.0 Å². The summed E-state index contributed by atoms with van der Waals surface area (Å²) in [6.07, 6.45) is -2.37. The smallest absolute Gasteiger partial charge is 0.419 e. The third-order valence-electron chi connectivity index (χ3n) is 5.00. The molecule has 2 unspecified atom stereocenters. The molecule has 152 valence electrons. The molecule has 0 fully saturated rings. The number of pyridine rings is 1. The number of hydrazone groups is 1. The Morgan fingerprint density at radius 1 is 1.21 bits per heavy atom. The van der Waals surface area contributed by atoms with Crippen molar-refractivity contribution in [2.75, 3.05) is 0 Å². The fourth-order valence-electron chi connectivity index (χ4n) is 3.56. The molecule has 9 heteroatoms. The second kappa shape index (κ2) is 7.40. The molecule has 29 heavy (non-hydrogen) atoms. The molecule has 0 saturated carbocycles. The van der Waals surface area contributed by atoms with E-state index in [1.54, 1.807) is 17.3 Å². The molecule has 1 aromatic heterocycles. The van der Waals surface area contributed by atoms with Gasteiger partial charge in [0, 0.05) is 31.0 Å². The number of halogens is 3. The number of aliphatic hydroxyl groups excluding tert-OH is 1. The van der Waals surface area contributed by atoms with Gasteiger partial charge in [0.05, 0.1) is 11.9 Å². The van der Waals surface area contributed by atoms with Crippen molar-refractivity contribution in [3.63, 3.8) is 0 Å². The predicted octanol–water partition coefficient (Wildman–Crippen LogP) is 3.26. The van der Waals surface area contributed by atoms with E-state index in [1.165, 1.54) is 0 Å². The molecule has 0 amide bonds. The Morgan fingerprint density at radius 3 is 2.69 bits per heavy atom. The molecule has 3 heterocycles. The summed E-state index contributed by atoms with van der Waals surface area (Å²) in [5.74, 6) is 0.620. The van der Waals surface area contributed by atoms with Crippen LogP contribution in [0.25, 0.3) is 0 Å². The molecular formula is C20H19F3N4O2. The number of nitrogens with zero attached hydrogens (tertiary/aromatic N) is 3. The lowest BCUT2D eigenvalue weighted by atomic mass is 10.1. The highest BCUT2D eigenvalue weighted by Crippen LogP contribution is 2.38. The number of nitrogens with one attached hydrogen (secondary N) is 1. The van der Waals surface area contributed by atoms with Crippen molar-refractivity contribution in [1.82, 2.24) is 15.3 Å². The van der Waals surface area contributed by atoms with E-state index in [4.69, 9.17) is 4.74 Å². The summed E-state index contributed by atoms with van der Waals surface area (Å²) in [6.45, 7) is 2.40. The van der Waals surface area contributed by atoms with Gasteiger partial charge in [-0.1, -0.05) is 12.1 Å². The first-order valence-electron chi connectivity index (χ1n) is 9.05. The second-order valence-electron chi connectivity index (χ2n) is 6.88. The first-order chi connectivity index (χ1) is 13.8. The molecule has 2 aliphatic heterocycles.